The molecule has 0 unspecified atom stereocenters. The van der Waals surface area contributed by atoms with Crippen LogP contribution in [-0.4, -0.2) is 6.61 Å². The summed E-state index contributed by atoms with van der Waals surface area (Å²) < 4.78 is 62.1. The van der Waals surface area contributed by atoms with E-state index < -0.39 is 34.6 Å². The molecule has 0 N–H and O–H groups in total. The fourth-order valence-electron chi connectivity index (χ4n) is 3.06. The van der Waals surface area contributed by atoms with Crippen LogP contribution in [0.4, 0.5) is 17.6 Å². The van der Waals surface area contributed by atoms with Crippen molar-refractivity contribution in [3.63, 3.8) is 0 Å². The first-order chi connectivity index (χ1) is 15.9. The molecule has 0 aromatic heterocycles. The van der Waals surface area contributed by atoms with Crippen LogP contribution in [0.15, 0.2) is 48.5 Å². The van der Waals surface area contributed by atoms with Crippen LogP contribution in [-0.2, 0) is 6.42 Å². The van der Waals surface area contributed by atoms with Gasteiger partial charge in [0, 0.05) is 16.7 Å². The molecule has 0 spiro atoms. The Bertz CT molecular complexity index is 1210. The Morgan fingerprint density at radius 3 is 1.70 bits per heavy atom. The molecule has 33 heavy (non-hydrogen) atoms. The molecule has 1 nitrogen and oxygen atoms in total. The molecular weight excluding hydrogens is 428 g/mol. The molecule has 3 aromatic carbocycles. The standard InChI is InChI=1S/C28H22F4O/c1-3-5-19-6-8-20(9-7-19)10-11-21-15-24(29)23(25(30)16-21)13-12-22-17-26(31)28(27(32)18-22)33-14-4-2/h6-9,15-18H,3-5,14H2,1-2H3. The van der Waals surface area contributed by atoms with Gasteiger partial charge in [0.2, 0.25) is 0 Å². The summed E-state index contributed by atoms with van der Waals surface area (Å²) in [5.74, 6) is 6.16. The zero-order valence-corrected chi connectivity index (χ0v) is 18.4. The van der Waals surface area contributed by atoms with Crippen LogP contribution in [0.1, 0.15) is 54.5 Å². The van der Waals surface area contributed by atoms with Gasteiger partial charge in [0.1, 0.15) is 11.6 Å². The Labute approximate surface area is 191 Å². The summed E-state index contributed by atoms with van der Waals surface area (Å²) in [6.07, 6.45) is 2.61. The van der Waals surface area contributed by atoms with Gasteiger partial charge in [0.15, 0.2) is 17.4 Å². The second-order valence-corrected chi connectivity index (χ2v) is 7.38. The maximum Gasteiger partial charge on any atom is 0.190 e. The van der Waals surface area contributed by atoms with Crippen LogP contribution < -0.4 is 4.74 Å². The highest BCUT2D eigenvalue weighted by atomic mass is 19.1. The van der Waals surface area contributed by atoms with Crippen molar-refractivity contribution in [3.8, 4) is 29.4 Å². The number of benzene rings is 3. The van der Waals surface area contributed by atoms with E-state index in [2.05, 4.69) is 30.6 Å². The molecule has 0 radical (unpaired) electrons. The minimum Gasteiger partial charge on any atom is -0.488 e. The van der Waals surface area contributed by atoms with Gasteiger partial charge in [0.05, 0.1) is 12.2 Å². The van der Waals surface area contributed by atoms with E-state index in [9.17, 15) is 17.6 Å². The zero-order chi connectivity index (χ0) is 23.8. The minimum absolute atomic E-state index is 0.0666. The van der Waals surface area contributed by atoms with Gasteiger partial charge >= 0.3 is 0 Å². The highest BCUT2D eigenvalue weighted by Gasteiger charge is 2.12. The molecular formula is C28H22F4O. The van der Waals surface area contributed by atoms with Gasteiger partial charge in [-0.25, -0.2) is 17.6 Å². The van der Waals surface area contributed by atoms with Crippen LogP contribution >= 0.6 is 0 Å². The molecule has 0 saturated heterocycles. The second-order valence-electron chi connectivity index (χ2n) is 7.38. The lowest BCUT2D eigenvalue weighted by Crippen LogP contribution is -2.01. The molecule has 0 atom stereocenters. The fraction of sp³-hybridized carbons (Fsp3) is 0.214. The lowest BCUT2D eigenvalue weighted by Gasteiger charge is -2.07. The van der Waals surface area contributed by atoms with Gasteiger partial charge in [-0.15, -0.1) is 0 Å². The van der Waals surface area contributed by atoms with Crippen molar-refractivity contribution < 1.29 is 22.3 Å². The van der Waals surface area contributed by atoms with Crippen LogP contribution in [0.5, 0.6) is 5.75 Å². The van der Waals surface area contributed by atoms with Gasteiger partial charge in [-0.3, -0.25) is 0 Å². The first kappa shape index (κ1) is 24.0. The van der Waals surface area contributed by atoms with Gasteiger partial charge in [-0.1, -0.05) is 56.1 Å². The van der Waals surface area contributed by atoms with Gasteiger partial charge in [-0.05, 0) is 54.8 Å². The molecule has 0 aliphatic heterocycles. The quantitative estimate of drug-likeness (QED) is 0.307. The molecule has 3 rings (SSSR count). The van der Waals surface area contributed by atoms with Gasteiger partial charge in [-0.2, -0.15) is 0 Å². The maximum absolute atomic E-state index is 14.5. The van der Waals surface area contributed by atoms with Crippen molar-refractivity contribution >= 4 is 0 Å². The van der Waals surface area contributed by atoms with Crippen molar-refractivity contribution in [1.82, 2.24) is 0 Å². The summed E-state index contributed by atoms with van der Waals surface area (Å²) in [5.41, 5.74) is 1.52. The van der Waals surface area contributed by atoms with Crippen LogP contribution in [0.3, 0.4) is 0 Å². The van der Waals surface area contributed by atoms with E-state index in [1.165, 1.54) is 5.56 Å². The highest BCUT2D eigenvalue weighted by Crippen LogP contribution is 2.23. The van der Waals surface area contributed by atoms with E-state index >= 15 is 0 Å². The molecule has 3 aromatic rings. The summed E-state index contributed by atoms with van der Waals surface area (Å²) in [6, 6.07) is 11.7. The fourth-order valence-corrected chi connectivity index (χ4v) is 3.06. The lowest BCUT2D eigenvalue weighted by atomic mass is 10.1. The number of rotatable bonds is 5. The predicted octanol–water partition coefficient (Wildman–Crippen LogP) is 6.78. The average Bonchev–Trinajstić information content (AvgIpc) is 2.78. The lowest BCUT2D eigenvalue weighted by molar-refractivity contribution is 0.285. The van der Waals surface area contributed by atoms with E-state index in [4.69, 9.17) is 4.74 Å². The van der Waals surface area contributed by atoms with E-state index in [0.717, 1.165) is 42.7 Å². The SMILES string of the molecule is CCCOc1c(F)cc(C#Cc2c(F)cc(C#Cc3ccc(CCC)cc3)cc2F)cc1F. The smallest absolute Gasteiger partial charge is 0.190 e. The van der Waals surface area contributed by atoms with Crippen molar-refractivity contribution in [3.05, 3.63) is 99.6 Å². The van der Waals surface area contributed by atoms with Crippen molar-refractivity contribution in [2.75, 3.05) is 6.61 Å². The second kappa shape index (κ2) is 11.2. The zero-order valence-electron chi connectivity index (χ0n) is 18.4. The summed E-state index contributed by atoms with van der Waals surface area (Å²) >= 11 is 0. The molecule has 0 bridgehead atoms. The molecule has 5 heteroatoms. The van der Waals surface area contributed by atoms with Crippen molar-refractivity contribution in [2.45, 2.75) is 33.1 Å². The Balaban J connectivity index is 1.82. The Kier molecular flexibility index (Phi) is 8.17. The molecule has 0 amide bonds. The summed E-state index contributed by atoms with van der Waals surface area (Å²) in [5, 5.41) is 0. The van der Waals surface area contributed by atoms with E-state index in [0.29, 0.717) is 6.42 Å². The Hall–Kier alpha value is -3.70. The summed E-state index contributed by atoms with van der Waals surface area (Å²) in [4.78, 5) is 0. The minimum atomic E-state index is -0.929. The van der Waals surface area contributed by atoms with E-state index in [1.54, 1.807) is 6.92 Å². The van der Waals surface area contributed by atoms with Crippen LogP contribution in [0.2, 0.25) is 0 Å². The predicted molar refractivity (Wildman–Crippen MR) is 121 cm³/mol. The Morgan fingerprint density at radius 1 is 0.636 bits per heavy atom. The Morgan fingerprint density at radius 2 is 1.15 bits per heavy atom. The summed E-state index contributed by atoms with van der Waals surface area (Å²) in [6.45, 7) is 4.07. The van der Waals surface area contributed by atoms with Gasteiger partial charge in [0.25, 0.3) is 0 Å². The molecule has 0 fully saturated rings. The van der Waals surface area contributed by atoms with Gasteiger partial charge < -0.3 is 4.74 Å². The maximum atomic E-state index is 14.5. The number of hydrogen-bond acceptors (Lipinski definition) is 1. The third-order valence-electron chi connectivity index (χ3n) is 4.67. The van der Waals surface area contributed by atoms with E-state index in [1.807, 2.05) is 24.3 Å². The molecule has 0 aliphatic rings. The third kappa shape index (κ3) is 6.40. The van der Waals surface area contributed by atoms with Crippen LogP contribution in [0.25, 0.3) is 0 Å². The monoisotopic (exact) mass is 450 g/mol. The van der Waals surface area contributed by atoms with Crippen molar-refractivity contribution in [2.24, 2.45) is 0 Å². The van der Waals surface area contributed by atoms with Crippen molar-refractivity contribution in [1.29, 1.82) is 0 Å². The number of halogens is 4. The summed E-state index contributed by atoms with van der Waals surface area (Å²) in [7, 11) is 0. The molecule has 0 saturated carbocycles. The third-order valence-corrected chi connectivity index (χ3v) is 4.67. The largest absolute Gasteiger partial charge is 0.488 e. The molecule has 168 valence electrons. The first-order valence-corrected chi connectivity index (χ1v) is 10.6. The number of aryl methyl sites for hydroxylation is 1. The molecule has 0 heterocycles. The average molecular weight is 450 g/mol. The number of ether oxygens (including phenoxy) is 1. The molecule has 0 aliphatic carbocycles. The van der Waals surface area contributed by atoms with E-state index in [-0.39, 0.29) is 17.7 Å². The number of hydrogen-bond donors (Lipinski definition) is 0. The first-order valence-electron chi connectivity index (χ1n) is 10.6. The van der Waals surface area contributed by atoms with Crippen LogP contribution in [0, 0.1) is 47.0 Å². The topological polar surface area (TPSA) is 9.23 Å². The highest BCUT2D eigenvalue weighted by molar-refractivity contribution is 5.50. The normalized spacial score (nSPS) is 10.1.